The average molecular weight is 715 g/mol. The van der Waals surface area contributed by atoms with Crippen molar-refractivity contribution in [1.82, 2.24) is 0 Å². The van der Waals surface area contributed by atoms with E-state index in [2.05, 4.69) is 146 Å². The molecule has 0 atom stereocenters. The third kappa shape index (κ3) is 6.19. The summed E-state index contributed by atoms with van der Waals surface area (Å²) in [6.45, 7) is 0. The van der Waals surface area contributed by atoms with Gasteiger partial charge in [-0.3, -0.25) is 0 Å². The van der Waals surface area contributed by atoms with E-state index in [1.165, 1.54) is 56.8 Å². The predicted molar refractivity (Wildman–Crippen MR) is 186 cm³/mol. The predicted octanol–water partition coefficient (Wildman–Crippen LogP) is 4.10. The normalized spacial score (nSPS) is 12.5. The molecular formula is C43H36Cl2Zr. The molecule has 0 saturated heterocycles. The van der Waals surface area contributed by atoms with Crippen molar-refractivity contribution >= 4 is 28.0 Å². The maximum Gasteiger partial charge on any atom is -1.00 e. The zero-order chi connectivity index (χ0) is 29.3. The molecule has 0 unspecified atom stereocenters. The maximum absolute atomic E-state index is 2.54. The molecule has 0 spiro atoms. The van der Waals surface area contributed by atoms with Gasteiger partial charge in [-0.15, -0.1) is 0 Å². The summed E-state index contributed by atoms with van der Waals surface area (Å²) in [5.41, 5.74) is 8.84. The molecule has 0 aromatic heterocycles. The zero-order valence-electron chi connectivity index (χ0n) is 25.9. The average Bonchev–Trinajstić information content (AvgIpc) is 3.76. The molecular weight excluding hydrogens is 679 g/mol. The van der Waals surface area contributed by atoms with Crippen molar-refractivity contribution in [2.75, 3.05) is 0 Å². The number of fused-ring (bicyclic) bond motifs is 8. The summed E-state index contributed by atoms with van der Waals surface area (Å²) < 4.78 is 5.26. The Hall–Kier alpha value is -3.35. The van der Waals surface area contributed by atoms with Gasteiger partial charge in [0.1, 0.15) is 0 Å². The zero-order valence-corrected chi connectivity index (χ0v) is 29.8. The number of halogens is 2. The van der Waals surface area contributed by atoms with Gasteiger partial charge >= 0.3 is 270 Å². The largest absolute Gasteiger partial charge is 1.00 e. The molecule has 0 amide bonds. The quantitative estimate of drug-likeness (QED) is 0.208. The molecule has 0 fully saturated rings. The second-order valence-corrected chi connectivity index (χ2v) is 18.7. The van der Waals surface area contributed by atoms with Gasteiger partial charge in [-0.25, -0.2) is 0 Å². The third-order valence-corrected chi connectivity index (χ3v) is 17.4. The van der Waals surface area contributed by atoms with E-state index in [4.69, 9.17) is 0 Å². The van der Waals surface area contributed by atoms with Gasteiger partial charge in [0.15, 0.2) is 0 Å². The van der Waals surface area contributed by atoms with E-state index in [9.17, 15) is 0 Å². The van der Waals surface area contributed by atoms with E-state index >= 15 is 0 Å². The minimum atomic E-state index is -2.51. The van der Waals surface area contributed by atoms with E-state index < -0.39 is 21.3 Å². The van der Waals surface area contributed by atoms with Gasteiger partial charge in [0.25, 0.3) is 0 Å². The van der Waals surface area contributed by atoms with Crippen molar-refractivity contribution in [3.8, 4) is 11.1 Å². The summed E-state index contributed by atoms with van der Waals surface area (Å²) >= 11 is -2.51. The van der Waals surface area contributed by atoms with E-state index in [0.717, 1.165) is 25.7 Å². The van der Waals surface area contributed by atoms with Crippen LogP contribution in [0.4, 0.5) is 0 Å². The molecule has 6 aromatic carbocycles. The Kier molecular flexibility index (Phi) is 10.3. The number of rotatable bonds is 8. The van der Waals surface area contributed by atoms with E-state index in [0.29, 0.717) is 0 Å². The minimum Gasteiger partial charge on any atom is -1.00 e. The number of aryl methyl sites for hydroxylation is 2. The molecule has 46 heavy (non-hydrogen) atoms. The number of benzene rings is 6. The van der Waals surface area contributed by atoms with Crippen molar-refractivity contribution in [2.45, 2.75) is 38.5 Å². The van der Waals surface area contributed by atoms with Crippen LogP contribution in [0.1, 0.15) is 41.5 Å². The molecule has 8 rings (SSSR count). The molecule has 2 aliphatic rings. The fourth-order valence-electron chi connectivity index (χ4n) is 7.60. The first-order valence-corrected chi connectivity index (χ1v) is 19.7. The van der Waals surface area contributed by atoms with Crippen LogP contribution in [0.3, 0.4) is 0 Å². The third-order valence-electron chi connectivity index (χ3n) is 9.64. The first kappa shape index (κ1) is 32.6. The molecule has 6 aromatic rings. The van der Waals surface area contributed by atoms with Gasteiger partial charge in [-0.2, -0.15) is 0 Å². The molecule has 0 nitrogen and oxygen atoms in total. The fourth-order valence-corrected chi connectivity index (χ4v) is 15.8. The Morgan fingerprint density at radius 1 is 0.587 bits per heavy atom. The molecule has 3 heteroatoms. The molecule has 0 bridgehead atoms. The maximum atomic E-state index is 2.54. The van der Waals surface area contributed by atoms with Gasteiger partial charge in [0.2, 0.25) is 0 Å². The Morgan fingerprint density at radius 2 is 1.20 bits per heavy atom. The second-order valence-electron chi connectivity index (χ2n) is 12.2. The van der Waals surface area contributed by atoms with E-state index in [1.807, 2.05) is 3.21 Å². The molecule has 226 valence electrons. The van der Waals surface area contributed by atoms with Gasteiger partial charge in [0.05, 0.1) is 0 Å². The molecule has 0 heterocycles. The Bertz CT molecular complexity index is 2060. The molecule has 0 N–H and O–H groups in total. The van der Waals surface area contributed by atoms with E-state index in [1.54, 1.807) is 17.5 Å². The first-order chi connectivity index (χ1) is 21.8. The Labute approximate surface area is 292 Å². The monoisotopic (exact) mass is 712 g/mol. The SMILES string of the molecule is C1=CC[C]([Zr+2](=[C](CCc2ccccc2)CCc2ccccc2)[c]2cccc3c2c2c(c4ccccc43)-c3ccccc3C2)=C1.[Cl-].[Cl-]. The van der Waals surface area contributed by atoms with Crippen molar-refractivity contribution in [3.05, 3.63) is 171 Å². The van der Waals surface area contributed by atoms with Crippen LogP contribution in [0, 0.1) is 0 Å². The van der Waals surface area contributed by atoms with Crippen LogP contribution < -0.4 is 28.1 Å². The minimum absolute atomic E-state index is 0. The first-order valence-electron chi connectivity index (χ1n) is 16.1. The van der Waals surface area contributed by atoms with Gasteiger partial charge < -0.3 is 24.8 Å². The van der Waals surface area contributed by atoms with Crippen molar-refractivity contribution < 1.29 is 46.1 Å². The Morgan fingerprint density at radius 3 is 1.87 bits per heavy atom. The van der Waals surface area contributed by atoms with Crippen LogP contribution in [0.5, 0.6) is 0 Å². The van der Waals surface area contributed by atoms with Gasteiger partial charge in [-0.1, -0.05) is 0 Å². The van der Waals surface area contributed by atoms with E-state index in [-0.39, 0.29) is 24.8 Å². The molecule has 0 aliphatic heterocycles. The van der Waals surface area contributed by atoms with Crippen molar-refractivity contribution in [1.29, 1.82) is 0 Å². The van der Waals surface area contributed by atoms with Gasteiger partial charge in [-0.05, 0) is 0 Å². The second kappa shape index (κ2) is 14.6. The number of allylic oxidation sites excluding steroid dienone is 4. The van der Waals surface area contributed by atoms with Crippen LogP contribution in [0.15, 0.2) is 149 Å². The summed E-state index contributed by atoms with van der Waals surface area (Å²) in [6.07, 6.45) is 13.9. The topological polar surface area (TPSA) is 0 Å². The van der Waals surface area contributed by atoms with Crippen molar-refractivity contribution in [3.63, 3.8) is 0 Å². The molecule has 2 aliphatic carbocycles. The van der Waals surface area contributed by atoms with Crippen LogP contribution in [0.2, 0.25) is 0 Å². The number of hydrogen-bond acceptors (Lipinski definition) is 0. The summed E-state index contributed by atoms with van der Waals surface area (Å²) in [6, 6.07) is 47.9. The smallest absolute Gasteiger partial charge is 1.00 e. The van der Waals surface area contributed by atoms with Crippen molar-refractivity contribution in [2.24, 2.45) is 0 Å². The summed E-state index contributed by atoms with van der Waals surface area (Å²) in [5, 5.41) is 5.81. The number of hydrogen-bond donors (Lipinski definition) is 0. The summed E-state index contributed by atoms with van der Waals surface area (Å²) in [5.74, 6) is 0. The van der Waals surface area contributed by atoms with Gasteiger partial charge in [0, 0.05) is 0 Å². The van der Waals surface area contributed by atoms with Crippen LogP contribution in [0.25, 0.3) is 32.7 Å². The molecule has 0 radical (unpaired) electrons. The summed E-state index contributed by atoms with van der Waals surface area (Å²) in [7, 11) is 0. The van der Waals surface area contributed by atoms with Crippen LogP contribution in [-0.4, -0.2) is 3.21 Å². The van der Waals surface area contributed by atoms with Crippen LogP contribution >= 0.6 is 0 Å². The van der Waals surface area contributed by atoms with Crippen LogP contribution in [-0.2, 0) is 40.5 Å². The standard InChI is InChI=1S/C21H13.C17H18.C5H5.2ClH.Zr/c1-2-8-15-14(7-1)13-20-18-11-4-3-9-16(18)17-10-5-6-12-19(17)21(15)20;1-4-10-16(11-5-1)14-8-3-9-15-17-12-6-2-7-13-17;1-2-4-5-3-1;;;/h1-10,12H,13H2;1-2,4-7,10-13H,8-9,14-15H2;1-3H,4H2;2*1H;/q;;;;;+2/p-2. The Balaban J connectivity index is 0.00000186. The summed E-state index contributed by atoms with van der Waals surface area (Å²) in [4.78, 5) is 0. The fraction of sp³-hybridized carbons (Fsp3) is 0.140. The molecule has 0 saturated carbocycles.